The fraction of sp³-hybridized carbons (Fsp3) is 0.192. The maximum absolute atomic E-state index is 14.1. The highest BCUT2D eigenvalue weighted by Crippen LogP contribution is 2.35. The zero-order valence-corrected chi connectivity index (χ0v) is 17.8. The Morgan fingerprint density at radius 2 is 1.62 bits per heavy atom. The standard InChI is InChI=1S/C26H24N4O2/c1-32-29-22-16-17-30(24(22)25-27-20-14-8-9-15-21(20)28-25)26(31)23(18-10-4-2-5-11-18)19-12-6-3-7-13-19/h2-15,23-24H,16-17H2,1H3,(H,27,28)/t24-/m1/s1. The minimum Gasteiger partial charge on any atom is -0.399 e. The summed E-state index contributed by atoms with van der Waals surface area (Å²) >= 11 is 0. The maximum Gasteiger partial charge on any atom is 0.235 e. The predicted molar refractivity (Wildman–Crippen MR) is 124 cm³/mol. The number of hydrogen-bond acceptors (Lipinski definition) is 4. The largest absolute Gasteiger partial charge is 0.399 e. The lowest BCUT2D eigenvalue weighted by Crippen LogP contribution is -2.37. The number of nitrogens with one attached hydrogen (secondary N) is 1. The van der Waals surface area contributed by atoms with Crippen molar-refractivity contribution in [2.75, 3.05) is 13.7 Å². The normalized spacial score (nSPS) is 17.4. The molecule has 160 valence electrons. The lowest BCUT2D eigenvalue weighted by atomic mass is 9.89. The minimum atomic E-state index is -0.411. The number of imidazole rings is 1. The summed E-state index contributed by atoms with van der Waals surface area (Å²) in [6, 6.07) is 27.3. The lowest BCUT2D eigenvalue weighted by molar-refractivity contribution is -0.132. The van der Waals surface area contributed by atoms with Gasteiger partial charge in [0, 0.05) is 13.0 Å². The van der Waals surface area contributed by atoms with Crippen LogP contribution < -0.4 is 0 Å². The van der Waals surface area contributed by atoms with Crippen LogP contribution >= 0.6 is 0 Å². The van der Waals surface area contributed by atoms with E-state index in [1.807, 2.05) is 89.8 Å². The van der Waals surface area contributed by atoms with Crippen molar-refractivity contribution >= 4 is 22.7 Å². The van der Waals surface area contributed by atoms with Gasteiger partial charge in [0.15, 0.2) is 0 Å². The second-order valence-corrected chi connectivity index (χ2v) is 7.84. The number of benzene rings is 3. The summed E-state index contributed by atoms with van der Waals surface area (Å²) in [7, 11) is 1.53. The van der Waals surface area contributed by atoms with E-state index in [0.29, 0.717) is 18.8 Å². The number of nitrogens with zero attached hydrogens (tertiary/aromatic N) is 3. The van der Waals surface area contributed by atoms with Gasteiger partial charge in [0.2, 0.25) is 5.91 Å². The number of aromatic nitrogens is 2. The van der Waals surface area contributed by atoms with Crippen molar-refractivity contribution in [3.05, 3.63) is 102 Å². The molecule has 1 aromatic heterocycles. The number of fused-ring (bicyclic) bond motifs is 1. The molecule has 4 aromatic rings. The van der Waals surface area contributed by atoms with Crippen molar-refractivity contribution in [2.45, 2.75) is 18.4 Å². The van der Waals surface area contributed by atoms with E-state index >= 15 is 0 Å². The second kappa shape index (κ2) is 8.67. The van der Waals surface area contributed by atoms with Gasteiger partial charge in [0.25, 0.3) is 0 Å². The van der Waals surface area contributed by atoms with Crippen molar-refractivity contribution in [3.63, 3.8) is 0 Å². The van der Waals surface area contributed by atoms with E-state index in [2.05, 4.69) is 10.1 Å². The number of amides is 1. The number of H-pyrrole nitrogens is 1. The second-order valence-electron chi connectivity index (χ2n) is 7.84. The third-order valence-electron chi connectivity index (χ3n) is 5.91. The van der Waals surface area contributed by atoms with Gasteiger partial charge in [-0.2, -0.15) is 0 Å². The number of carbonyl (C=O) groups excluding carboxylic acids is 1. The monoisotopic (exact) mass is 424 g/mol. The molecular weight excluding hydrogens is 400 g/mol. The molecule has 1 aliphatic heterocycles. The van der Waals surface area contributed by atoms with Gasteiger partial charge in [-0.15, -0.1) is 0 Å². The van der Waals surface area contributed by atoms with E-state index in [0.717, 1.165) is 27.9 Å². The van der Waals surface area contributed by atoms with Crippen LogP contribution in [0.3, 0.4) is 0 Å². The van der Waals surface area contributed by atoms with Gasteiger partial charge in [-0.05, 0) is 23.3 Å². The van der Waals surface area contributed by atoms with E-state index in [4.69, 9.17) is 9.82 Å². The molecule has 0 bridgehead atoms. The first-order chi connectivity index (χ1) is 15.8. The van der Waals surface area contributed by atoms with Gasteiger partial charge in [-0.3, -0.25) is 4.79 Å². The first kappa shape index (κ1) is 20.0. The van der Waals surface area contributed by atoms with E-state index in [9.17, 15) is 4.79 Å². The quantitative estimate of drug-likeness (QED) is 0.473. The van der Waals surface area contributed by atoms with Crippen molar-refractivity contribution in [2.24, 2.45) is 5.16 Å². The van der Waals surface area contributed by atoms with Crippen molar-refractivity contribution in [1.29, 1.82) is 0 Å². The molecule has 1 saturated heterocycles. The molecule has 1 fully saturated rings. The summed E-state index contributed by atoms with van der Waals surface area (Å²) in [4.78, 5) is 29.2. The van der Waals surface area contributed by atoms with Gasteiger partial charge in [-0.1, -0.05) is 78.0 Å². The molecule has 6 nitrogen and oxygen atoms in total. The van der Waals surface area contributed by atoms with Crippen LogP contribution in [0.1, 0.15) is 35.3 Å². The van der Waals surface area contributed by atoms with Gasteiger partial charge in [-0.25, -0.2) is 4.98 Å². The zero-order chi connectivity index (χ0) is 21.9. The van der Waals surface area contributed by atoms with Crippen LogP contribution in [0.25, 0.3) is 11.0 Å². The zero-order valence-electron chi connectivity index (χ0n) is 17.8. The van der Waals surface area contributed by atoms with Crippen molar-refractivity contribution in [3.8, 4) is 0 Å². The molecule has 1 amide bonds. The third kappa shape index (κ3) is 3.64. The highest BCUT2D eigenvalue weighted by molar-refractivity contribution is 5.99. The van der Waals surface area contributed by atoms with E-state index in [1.165, 1.54) is 7.11 Å². The SMILES string of the molecule is CON=C1CCN(C(=O)C(c2ccccc2)c2ccccc2)[C@H]1c1nc2ccccc2[nH]1. The Bertz CT molecular complexity index is 1180. The molecule has 0 spiro atoms. The molecule has 1 aliphatic rings. The Labute approximate surface area is 186 Å². The Balaban J connectivity index is 1.58. The Kier molecular flexibility index (Phi) is 5.42. The third-order valence-corrected chi connectivity index (χ3v) is 5.91. The fourth-order valence-corrected chi connectivity index (χ4v) is 4.47. The van der Waals surface area contributed by atoms with Crippen LogP contribution in [-0.2, 0) is 9.63 Å². The average molecular weight is 425 g/mol. The number of carbonyl (C=O) groups is 1. The molecule has 2 heterocycles. The molecule has 6 heteroatoms. The summed E-state index contributed by atoms with van der Waals surface area (Å²) in [5.74, 6) is 0.313. The highest BCUT2D eigenvalue weighted by atomic mass is 16.6. The highest BCUT2D eigenvalue weighted by Gasteiger charge is 2.41. The molecule has 0 unspecified atom stereocenters. The number of hydrogen-bond donors (Lipinski definition) is 1. The van der Waals surface area contributed by atoms with Crippen molar-refractivity contribution in [1.82, 2.24) is 14.9 Å². The van der Waals surface area contributed by atoms with Crippen LogP contribution in [-0.4, -0.2) is 40.1 Å². The first-order valence-corrected chi connectivity index (χ1v) is 10.7. The Morgan fingerprint density at radius 3 is 2.25 bits per heavy atom. The topological polar surface area (TPSA) is 70.6 Å². The van der Waals surface area contributed by atoms with Gasteiger partial charge in [0.1, 0.15) is 19.0 Å². The Hall–Kier alpha value is -3.93. The lowest BCUT2D eigenvalue weighted by Gasteiger charge is -2.28. The van der Waals surface area contributed by atoms with Gasteiger partial charge >= 0.3 is 0 Å². The van der Waals surface area contributed by atoms with Crippen molar-refractivity contribution < 1.29 is 9.63 Å². The molecule has 1 atom stereocenters. The minimum absolute atomic E-state index is 0.0224. The average Bonchev–Trinajstić information content (AvgIpc) is 3.45. The number of oxime groups is 1. The first-order valence-electron chi connectivity index (χ1n) is 10.7. The fourth-order valence-electron chi connectivity index (χ4n) is 4.47. The van der Waals surface area contributed by atoms with Crippen LogP contribution in [0.4, 0.5) is 0 Å². The molecule has 32 heavy (non-hydrogen) atoms. The maximum atomic E-state index is 14.1. The molecule has 3 aromatic carbocycles. The van der Waals surface area contributed by atoms with E-state index in [1.54, 1.807) is 0 Å². The molecular formula is C26H24N4O2. The van der Waals surface area contributed by atoms with Crippen LogP contribution in [0, 0.1) is 0 Å². The number of aromatic amines is 1. The van der Waals surface area contributed by atoms with Gasteiger partial charge in [0.05, 0.1) is 22.7 Å². The van der Waals surface area contributed by atoms with Crippen LogP contribution in [0.15, 0.2) is 90.1 Å². The van der Waals surface area contributed by atoms with Crippen LogP contribution in [0.2, 0.25) is 0 Å². The molecule has 0 aliphatic carbocycles. The van der Waals surface area contributed by atoms with E-state index in [-0.39, 0.29) is 5.91 Å². The van der Waals surface area contributed by atoms with Crippen LogP contribution in [0.5, 0.6) is 0 Å². The number of likely N-dealkylation sites (tertiary alicyclic amines) is 1. The summed E-state index contributed by atoms with van der Waals surface area (Å²) < 4.78 is 0. The van der Waals surface area contributed by atoms with E-state index < -0.39 is 12.0 Å². The molecule has 0 radical (unpaired) electrons. The van der Waals surface area contributed by atoms with Gasteiger partial charge < -0.3 is 14.7 Å². The molecule has 0 saturated carbocycles. The molecule has 1 N–H and O–H groups in total. The number of para-hydroxylation sites is 2. The Morgan fingerprint density at radius 1 is 1.00 bits per heavy atom. The summed E-state index contributed by atoms with van der Waals surface area (Å²) in [6.45, 7) is 0.554. The summed E-state index contributed by atoms with van der Waals surface area (Å²) in [5, 5.41) is 4.25. The summed E-state index contributed by atoms with van der Waals surface area (Å²) in [5.41, 5.74) is 4.51. The number of rotatable bonds is 5. The summed E-state index contributed by atoms with van der Waals surface area (Å²) in [6.07, 6.45) is 0.636. The smallest absolute Gasteiger partial charge is 0.235 e. The molecule has 5 rings (SSSR count). The predicted octanol–water partition coefficient (Wildman–Crippen LogP) is 4.67.